The molecular weight excluding hydrogens is 314 g/mol. The van der Waals surface area contributed by atoms with Gasteiger partial charge in [-0.2, -0.15) is 0 Å². The SMILES string of the molecule is CC(=O)O[C@H](C)OC(=O)N1C[C@@H](CC2CCCCC2)C[C@H]1C(=O)O. The van der Waals surface area contributed by atoms with E-state index in [0.717, 1.165) is 6.42 Å². The number of nitrogens with zero attached hydrogens (tertiary/aromatic N) is 1. The molecule has 7 heteroatoms. The van der Waals surface area contributed by atoms with Crippen LogP contribution in [0, 0.1) is 11.8 Å². The number of esters is 1. The van der Waals surface area contributed by atoms with Crippen molar-refractivity contribution in [3.63, 3.8) is 0 Å². The molecule has 1 amide bonds. The maximum atomic E-state index is 12.2. The van der Waals surface area contributed by atoms with Crippen molar-refractivity contribution in [1.82, 2.24) is 4.90 Å². The number of ether oxygens (including phenoxy) is 2. The lowest BCUT2D eigenvalue weighted by molar-refractivity contribution is -0.164. The van der Waals surface area contributed by atoms with Gasteiger partial charge < -0.3 is 14.6 Å². The van der Waals surface area contributed by atoms with Gasteiger partial charge in [-0.1, -0.05) is 32.1 Å². The molecule has 2 rings (SSSR count). The number of hydrogen-bond donors (Lipinski definition) is 1. The van der Waals surface area contributed by atoms with Crippen molar-refractivity contribution in [2.75, 3.05) is 6.54 Å². The highest BCUT2D eigenvalue weighted by molar-refractivity contribution is 5.80. The molecule has 1 saturated heterocycles. The third-order valence-electron chi connectivity index (χ3n) is 4.90. The monoisotopic (exact) mass is 341 g/mol. The van der Waals surface area contributed by atoms with Crippen molar-refractivity contribution in [1.29, 1.82) is 0 Å². The van der Waals surface area contributed by atoms with Crippen LogP contribution in [0.5, 0.6) is 0 Å². The number of carbonyl (C=O) groups is 3. The average molecular weight is 341 g/mol. The normalized spacial score (nSPS) is 26.0. The molecule has 0 aromatic rings. The van der Waals surface area contributed by atoms with E-state index in [0.29, 0.717) is 18.9 Å². The maximum Gasteiger partial charge on any atom is 0.413 e. The van der Waals surface area contributed by atoms with Crippen molar-refractivity contribution in [3.05, 3.63) is 0 Å². The van der Waals surface area contributed by atoms with Gasteiger partial charge in [-0.3, -0.25) is 9.69 Å². The Morgan fingerprint density at radius 1 is 1.12 bits per heavy atom. The lowest BCUT2D eigenvalue weighted by Crippen LogP contribution is -2.42. The summed E-state index contributed by atoms with van der Waals surface area (Å²) in [6, 6.07) is -0.865. The van der Waals surface area contributed by atoms with E-state index in [4.69, 9.17) is 9.47 Å². The first kappa shape index (κ1) is 18.5. The van der Waals surface area contributed by atoms with Gasteiger partial charge in [-0.15, -0.1) is 0 Å². The van der Waals surface area contributed by atoms with E-state index in [-0.39, 0.29) is 5.92 Å². The minimum Gasteiger partial charge on any atom is -0.480 e. The molecule has 7 nitrogen and oxygen atoms in total. The van der Waals surface area contributed by atoms with Crippen molar-refractivity contribution in [2.24, 2.45) is 11.8 Å². The van der Waals surface area contributed by atoms with Crippen LogP contribution in [0.15, 0.2) is 0 Å². The molecule has 0 bridgehead atoms. The summed E-state index contributed by atoms with van der Waals surface area (Å²) in [4.78, 5) is 35.9. The molecule has 1 heterocycles. The number of aliphatic carboxylic acids is 1. The van der Waals surface area contributed by atoms with Crippen molar-refractivity contribution >= 4 is 18.0 Å². The van der Waals surface area contributed by atoms with Crippen LogP contribution in [0.25, 0.3) is 0 Å². The zero-order valence-corrected chi connectivity index (χ0v) is 14.4. The van der Waals surface area contributed by atoms with E-state index in [1.54, 1.807) is 0 Å². The van der Waals surface area contributed by atoms with Crippen LogP contribution in [0.4, 0.5) is 4.79 Å². The predicted octanol–water partition coefficient (Wildman–Crippen LogP) is 2.78. The Morgan fingerprint density at radius 3 is 2.38 bits per heavy atom. The molecule has 2 aliphatic rings. The molecule has 1 aliphatic heterocycles. The van der Waals surface area contributed by atoms with Gasteiger partial charge >= 0.3 is 18.0 Å². The van der Waals surface area contributed by atoms with E-state index in [1.807, 2.05) is 0 Å². The maximum absolute atomic E-state index is 12.2. The van der Waals surface area contributed by atoms with Gasteiger partial charge in [-0.25, -0.2) is 9.59 Å². The molecule has 0 unspecified atom stereocenters. The number of rotatable bonds is 5. The van der Waals surface area contributed by atoms with Crippen LogP contribution >= 0.6 is 0 Å². The molecule has 24 heavy (non-hydrogen) atoms. The summed E-state index contributed by atoms with van der Waals surface area (Å²) in [6.45, 7) is 3.05. The second-order valence-corrected chi connectivity index (χ2v) is 6.91. The van der Waals surface area contributed by atoms with E-state index in [9.17, 15) is 19.5 Å². The van der Waals surface area contributed by atoms with E-state index in [2.05, 4.69) is 0 Å². The highest BCUT2D eigenvalue weighted by Crippen LogP contribution is 2.35. The van der Waals surface area contributed by atoms with E-state index < -0.39 is 30.4 Å². The van der Waals surface area contributed by atoms with Crippen molar-refractivity contribution in [2.45, 2.75) is 71.1 Å². The van der Waals surface area contributed by atoms with Crippen molar-refractivity contribution < 1.29 is 29.0 Å². The Kier molecular flexibility index (Phi) is 6.45. The number of hydrogen-bond acceptors (Lipinski definition) is 5. The van der Waals surface area contributed by atoms with Gasteiger partial charge in [0.15, 0.2) is 0 Å². The quantitative estimate of drug-likeness (QED) is 0.610. The number of carboxylic acid groups (broad SMARTS) is 1. The molecule has 136 valence electrons. The molecule has 0 radical (unpaired) electrons. The highest BCUT2D eigenvalue weighted by Gasteiger charge is 2.41. The molecule has 0 spiro atoms. The first-order valence-electron chi connectivity index (χ1n) is 8.74. The number of amides is 1. The molecular formula is C17H27NO6. The summed E-state index contributed by atoms with van der Waals surface area (Å²) < 4.78 is 9.81. The van der Waals surface area contributed by atoms with Gasteiger partial charge in [0.1, 0.15) is 6.04 Å². The summed E-state index contributed by atoms with van der Waals surface area (Å²) in [5, 5.41) is 9.40. The van der Waals surface area contributed by atoms with Crippen LogP contribution in [-0.4, -0.2) is 46.9 Å². The lowest BCUT2D eigenvalue weighted by Gasteiger charge is -2.25. The molecule has 0 aromatic carbocycles. The van der Waals surface area contributed by atoms with Gasteiger partial charge in [-0.05, 0) is 24.7 Å². The smallest absolute Gasteiger partial charge is 0.413 e. The van der Waals surface area contributed by atoms with Gasteiger partial charge in [0.25, 0.3) is 0 Å². The van der Waals surface area contributed by atoms with Gasteiger partial charge in [0, 0.05) is 20.4 Å². The van der Waals surface area contributed by atoms with E-state index in [1.165, 1.54) is 50.9 Å². The topological polar surface area (TPSA) is 93.1 Å². The third-order valence-corrected chi connectivity index (χ3v) is 4.90. The van der Waals surface area contributed by atoms with Gasteiger partial charge in [0.05, 0.1) is 0 Å². The lowest BCUT2D eigenvalue weighted by atomic mass is 9.82. The Hall–Kier alpha value is -1.79. The van der Waals surface area contributed by atoms with Crippen LogP contribution in [0.1, 0.15) is 58.8 Å². The largest absolute Gasteiger partial charge is 0.480 e. The molecule has 1 saturated carbocycles. The fourth-order valence-electron chi connectivity index (χ4n) is 3.89. The minimum atomic E-state index is -1.03. The predicted molar refractivity (Wildman–Crippen MR) is 85.1 cm³/mol. The molecule has 1 N–H and O–H groups in total. The Balaban J connectivity index is 1.92. The highest BCUT2D eigenvalue weighted by atomic mass is 16.7. The second kappa shape index (κ2) is 8.35. The first-order chi connectivity index (χ1) is 11.4. The Bertz CT molecular complexity index is 474. The fraction of sp³-hybridized carbons (Fsp3) is 0.824. The van der Waals surface area contributed by atoms with Crippen LogP contribution in [-0.2, 0) is 19.1 Å². The zero-order chi connectivity index (χ0) is 17.7. The summed E-state index contributed by atoms with van der Waals surface area (Å²) >= 11 is 0. The summed E-state index contributed by atoms with van der Waals surface area (Å²) in [7, 11) is 0. The summed E-state index contributed by atoms with van der Waals surface area (Å²) in [5.41, 5.74) is 0. The molecule has 2 fully saturated rings. The van der Waals surface area contributed by atoms with Crippen molar-refractivity contribution in [3.8, 4) is 0 Å². The Labute approximate surface area is 142 Å². The van der Waals surface area contributed by atoms with Crippen LogP contribution in [0.2, 0.25) is 0 Å². The fourth-order valence-corrected chi connectivity index (χ4v) is 3.89. The van der Waals surface area contributed by atoms with Crippen LogP contribution in [0.3, 0.4) is 0 Å². The average Bonchev–Trinajstić information content (AvgIpc) is 2.91. The molecule has 1 aliphatic carbocycles. The first-order valence-corrected chi connectivity index (χ1v) is 8.74. The summed E-state index contributed by atoms with van der Waals surface area (Å²) in [6.07, 6.45) is 5.83. The van der Waals surface area contributed by atoms with Gasteiger partial charge in [0.2, 0.25) is 6.29 Å². The van der Waals surface area contributed by atoms with E-state index >= 15 is 0 Å². The molecule has 3 atom stereocenters. The standard InChI is InChI=1S/C17H27NO6/c1-11(19)23-12(2)24-17(22)18-10-14(9-15(18)16(20)21)8-13-6-4-3-5-7-13/h12-15H,3-10H2,1-2H3,(H,20,21)/t12-,14-,15-/m0/s1. The molecule has 0 aromatic heterocycles. The third kappa shape index (κ3) is 5.11. The zero-order valence-electron chi connectivity index (χ0n) is 14.4. The summed E-state index contributed by atoms with van der Waals surface area (Å²) in [5.74, 6) is -0.750. The Morgan fingerprint density at radius 2 is 1.79 bits per heavy atom. The minimum absolute atomic E-state index is 0.186. The number of carbonyl (C=O) groups excluding carboxylic acids is 2. The number of likely N-dealkylation sites (tertiary alicyclic amines) is 1. The second-order valence-electron chi connectivity index (χ2n) is 6.91. The van der Waals surface area contributed by atoms with Crippen LogP contribution < -0.4 is 0 Å². The number of carboxylic acids is 1.